The highest BCUT2D eigenvalue weighted by Gasteiger charge is 2.21. The first-order valence-electron chi connectivity index (χ1n) is 10.3. The highest BCUT2D eigenvalue weighted by atomic mass is 32.2. The minimum atomic E-state index is -3.73. The minimum Gasteiger partial charge on any atom is -0.486 e. The van der Waals surface area contributed by atoms with Gasteiger partial charge in [-0.15, -0.1) is 0 Å². The molecule has 1 N–H and O–H groups in total. The Labute approximate surface area is 186 Å². The molecule has 0 radical (unpaired) electrons. The van der Waals surface area contributed by atoms with E-state index in [2.05, 4.69) is 4.72 Å². The van der Waals surface area contributed by atoms with Gasteiger partial charge in [-0.1, -0.05) is 12.1 Å². The fraction of sp³-hybridized carbons (Fsp3) is 0.261. The van der Waals surface area contributed by atoms with E-state index in [1.165, 1.54) is 30.5 Å². The number of rotatable bonds is 8. The monoisotopic (exact) mass is 456 g/mol. The van der Waals surface area contributed by atoms with Crippen LogP contribution in [0.25, 0.3) is 0 Å². The predicted octanol–water partition coefficient (Wildman–Crippen LogP) is 3.19. The zero-order chi connectivity index (χ0) is 22.6. The van der Waals surface area contributed by atoms with Crippen LogP contribution in [0.4, 0.5) is 0 Å². The molecule has 0 spiro atoms. The molecule has 1 aliphatic rings. The summed E-state index contributed by atoms with van der Waals surface area (Å²) in [4.78, 5) is 14.8. The van der Waals surface area contributed by atoms with Gasteiger partial charge in [0, 0.05) is 24.2 Å². The molecule has 9 heteroatoms. The Hall–Kier alpha value is -3.30. The van der Waals surface area contributed by atoms with Crippen molar-refractivity contribution >= 4 is 15.9 Å². The molecular weight excluding hydrogens is 432 g/mol. The van der Waals surface area contributed by atoms with E-state index in [0.29, 0.717) is 49.1 Å². The molecule has 1 aliphatic heterocycles. The maximum atomic E-state index is 13.1. The van der Waals surface area contributed by atoms with E-state index in [0.717, 1.165) is 5.56 Å². The molecule has 1 aromatic heterocycles. The number of nitrogens with one attached hydrogen (secondary N) is 1. The van der Waals surface area contributed by atoms with E-state index >= 15 is 0 Å². The molecule has 0 bridgehead atoms. The smallest absolute Gasteiger partial charge is 0.254 e. The van der Waals surface area contributed by atoms with E-state index in [4.69, 9.17) is 13.9 Å². The van der Waals surface area contributed by atoms with Gasteiger partial charge in [-0.2, -0.15) is 0 Å². The van der Waals surface area contributed by atoms with Crippen molar-refractivity contribution in [2.75, 3.05) is 19.8 Å². The third-order valence-corrected chi connectivity index (χ3v) is 6.52. The fourth-order valence-corrected chi connectivity index (χ4v) is 4.41. The molecule has 8 nitrogen and oxygen atoms in total. The molecule has 0 atom stereocenters. The van der Waals surface area contributed by atoms with Crippen LogP contribution in [0.5, 0.6) is 11.5 Å². The van der Waals surface area contributed by atoms with E-state index in [1.807, 2.05) is 25.1 Å². The summed E-state index contributed by atoms with van der Waals surface area (Å²) >= 11 is 0. The number of carbonyl (C=O) groups is 1. The number of sulfonamides is 1. The quantitative estimate of drug-likeness (QED) is 0.559. The summed E-state index contributed by atoms with van der Waals surface area (Å²) < 4.78 is 44.0. The van der Waals surface area contributed by atoms with Crippen LogP contribution in [-0.4, -0.2) is 39.0 Å². The fourth-order valence-electron chi connectivity index (χ4n) is 3.41. The lowest BCUT2D eigenvalue weighted by Crippen LogP contribution is -2.31. The van der Waals surface area contributed by atoms with Crippen molar-refractivity contribution in [3.63, 3.8) is 0 Å². The van der Waals surface area contributed by atoms with Gasteiger partial charge in [0.25, 0.3) is 5.91 Å². The average Bonchev–Trinajstić information content (AvgIpc) is 3.35. The van der Waals surface area contributed by atoms with E-state index in [9.17, 15) is 13.2 Å². The van der Waals surface area contributed by atoms with Gasteiger partial charge in [0.2, 0.25) is 10.0 Å². The Bertz CT molecular complexity index is 1170. The first-order chi connectivity index (χ1) is 15.5. The summed E-state index contributed by atoms with van der Waals surface area (Å²) in [5.74, 6) is 1.65. The Balaban J connectivity index is 1.46. The second kappa shape index (κ2) is 9.46. The third-order valence-electron chi connectivity index (χ3n) is 5.11. The van der Waals surface area contributed by atoms with Crippen molar-refractivity contribution in [3.8, 4) is 11.5 Å². The highest BCUT2D eigenvalue weighted by Crippen LogP contribution is 2.34. The van der Waals surface area contributed by atoms with Gasteiger partial charge in [-0.3, -0.25) is 4.79 Å². The van der Waals surface area contributed by atoms with E-state index in [-0.39, 0.29) is 17.3 Å². The average molecular weight is 457 g/mol. The lowest BCUT2D eigenvalue weighted by atomic mass is 10.1. The van der Waals surface area contributed by atoms with Crippen molar-refractivity contribution in [1.29, 1.82) is 0 Å². The SMILES string of the molecule is CCN(Cc1cccc2c1OCCO2)C(=O)c1ccc(S(=O)(=O)NCc2ccco2)cc1. The van der Waals surface area contributed by atoms with Crippen LogP contribution in [-0.2, 0) is 23.1 Å². The molecule has 0 saturated carbocycles. The van der Waals surface area contributed by atoms with Crippen LogP contribution >= 0.6 is 0 Å². The number of carbonyl (C=O) groups excluding carboxylic acids is 1. The van der Waals surface area contributed by atoms with Crippen molar-refractivity contribution in [3.05, 3.63) is 77.7 Å². The number of fused-ring (bicyclic) bond motifs is 1. The summed E-state index contributed by atoms with van der Waals surface area (Å²) in [5, 5.41) is 0. The summed E-state index contributed by atoms with van der Waals surface area (Å²) in [7, 11) is -3.73. The maximum Gasteiger partial charge on any atom is 0.254 e. The number of ether oxygens (including phenoxy) is 2. The lowest BCUT2D eigenvalue weighted by molar-refractivity contribution is 0.0749. The normalized spacial score (nSPS) is 13.0. The Morgan fingerprint density at radius 1 is 1.03 bits per heavy atom. The van der Waals surface area contributed by atoms with Crippen molar-refractivity contribution in [2.45, 2.75) is 24.9 Å². The van der Waals surface area contributed by atoms with Gasteiger partial charge in [0.05, 0.1) is 17.7 Å². The first-order valence-corrected chi connectivity index (χ1v) is 11.7. The third kappa shape index (κ3) is 4.79. The minimum absolute atomic E-state index is 0.0484. The van der Waals surface area contributed by atoms with Gasteiger partial charge >= 0.3 is 0 Å². The van der Waals surface area contributed by atoms with Crippen molar-refractivity contribution in [1.82, 2.24) is 9.62 Å². The van der Waals surface area contributed by atoms with Crippen LogP contribution in [0.1, 0.15) is 28.6 Å². The zero-order valence-corrected chi connectivity index (χ0v) is 18.4. The molecule has 0 aliphatic carbocycles. The molecule has 32 heavy (non-hydrogen) atoms. The Kier molecular flexibility index (Phi) is 6.48. The van der Waals surface area contributed by atoms with E-state index < -0.39 is 10.0 Å². The lowest BCUT2D eigenvalue weighted by Gasteiger charge is -2.25. The summed E-state index contributed by atoms with van der Waals surface area (Å²) in [5.41, 5.74) is 1.26. The van der Waals surface area contributed by atoms with Crippen LogP contribution in [0, 0.1) is 0 Å². The van der Waals surface area contributed by atoms with E-state index in [1.54, 1.807) is 17.0 Å². The molecule has 3 aromatic rings. The zero-order valence-electron chi connectivity index (χ0n) is 17.6. The number of hydrogen-bond acceptors (Lipinski definition) is 6. The van der Waals surface area contributed by atoms with Crippen molar-refractivity contribution < 1.29 is 27.1 Å². The Morgan fingerprint density at radius 2 is 1.81 bits per heavy atom. The maximum absolute atomic E-state index is 13.1. The second-order valence-corrected chi connectivity index (χ2v) is 8.96. The number of para-hydroxylation sites is 1. The van der Waals surface area contributed by atoms with Gasteiger partial charge < -0.3 is 18.8 Å². The number of nitrogens with zero attached hydrogens (tertiary/aromatic N) is 1. The van der Waals surface area contributed by atoms with Gasteiger partial charge in [0.1, 0.15) is 19.0 Å². The number of benzene rings is 2. The van der Waals surface area contributed by atoms with Gasteiger partial charge in [-0.25, -0.2) is 13.1 Å². The molecule has 2 aromatic carbocycles. The Morgan fingerprint density at radius 3 is 2.53 bits per heavy atom. The molecule has 0 saturated heterocycles. The number of furan rings is 1. The molecule has 2 heterocycles. The second-order valence-electron chi connectivity index (χ2n) is 7.19. The van der Waals surface area contributed by atoms with Gasteiger partial charge in [-0.05, 0) is 49.4 Å². The predicted molar refractivity (Wildman–Crippen MR) is 117 cm³/mol. The number of amides is 1. The highest BCUT2D eigenvalue weighted by molar-refractivity contribution is 7.89. The molecule has 0 fully saturated rings. The molecule has 4 rings (SSSR count). The molecule has 168 valence electrons. The summed E-state index contributed by atoms with van der Waals surface area (Å²) in [6.07, 6.45) is 1.48. The topological polar surface area (TPSA) is 98.1 Å². The molecule has 0 unspecified atom stereocenters. The molecular formula is C23H24N2O6S. The number of hydrogen-bond donors (Lipinski definition) is 1. The molecule has 1 amide bonds. The largest absolute Gasteiger partial charge is 0.486 e. The summed E-state index contributed by atoms with van der Waals surface area (Å²) in [6, 6.07) is 14.9. The first kappa shape index (κ1) is 21.9. The van der Waals surface area contributed by atoms with Crippen LogP contribution in [0.3, 0.4) is 0 Å². The standard InChI is InChI=1S/C23H24N2O6S/c1-2-25(16-18-5-3-7-21-22(18)31-14-13-30-21)23(26)17-8-10-20(11-9-17)32(27,28)24-15-19-6-4-12-29-19/h3-12,24H,2,13-16H2,1H3. The van der Waals surface area contributed by atoms with Crippen LogP contribution in [0.2, 0.25) is 0 Å². The van der Waals surface area contributed by atoms with Crippen molar-refractivity contribution in [2.24, 2.45) is 0 Å². The van der Waals surface area contributed by atoms with Crippen LogP contribution < -0.4 is 14.2 Å². The van der Waals surface area contributed by atoms with Gasteiger partial charge in [0.15, 0.2) is 11.5 Å². The van der Waals surface area contributed by atoms with Crippen LogP contribution in [0.15, 0.2) is 70.2 Å². The summed E-state index contributed by atoms with van der Waals surface area (Å²) in [6.45, 7) is 3.74.